The predicted octanol–water partition coefficient (Wildman–Crippen LogP) is 4.88. The highest BCUT2D eigenvalue weighted by Gasteiger charge is 2.05. The van der Waals surface area contributed by atoms with Crippen molar-refractivity contribution in [2.24, 2.45) is 0 Å². The van der Waals surface area contributed by atoms with Crippen LogP contribution in [0.2, 0.25) is 0 Å². The fraction of sp³-hybridized carbons (Fsp3) is 0.250. The Morgan fingerprint density at radius 1 is 1.15 bits per heavy atom. The van der Waals surface area contributed by atoms with Crippen molar-refractivity contribution >= 4 is 15.9 Å². The van der Waals surface area contributed by atoms with E-state index in [0.717, 1.165) is 24.0 Å². The first-order valence-electron chi connectivity index (χ1n) is 6.61. The summed E-state index contributed by atoms with van der Waals surface area (Å²) in [7, 11) is 0. The minimum atomic E-state index is -0.373. The Labute approximate surface area is 127 Å². The molecule has 0 aromatic heterocycles. The zero-order chi connectivity index (χ0) is 14.4. The highest BCUT2D eigenvalue weighted by molar-refractivity contribution is 9.10. The Balaban J connectivity index is 2.01. The van der Waals surface area contributed by atoms with Crippen molar-refractivity contribution in [1.29, 1.82) is 0 Å². The van der Waals surface area contributed by atoms with E-state index >= 15 is 0 Å². The van der Waals surface area contributed by atoms with Gasteiger partial charge in [-0.15, -0.1) is 0 Å². The molecule has 0 unspecified atom stereocenters. The van der Waals surface area contributed by atoms with Crippen molar-refractivity contribution in [2.75, 3.05) is 6.54 Å². The molecular formula is C16H17BrFNO. The molecule has 1 N–H and O–H groups in total. The van der Waals surface area contributed by atoms with E-state index in [1.54, 1.807) is 12.1 Å². The maximum Gasteiger partial charge on any atom is 0.165 e. The summed E-state index contributed by atoms with van der Waals surface area (Å²) in [4.78, 5) is 0. The summed E-state index contributed by atoms with van der Waals surface area (Å²) in [5, 5.41) is 3.33. The highest BCUT2D eigenvalue weighted by atomic mass is 79.9. The van der Waals surface area contributed by atoms with Crippen LogP contribution >= 0.6 is 15.9 Å². The van der Waals surface area contributed by atoms with E-state index in [1.807, 2.05) is 24.3 Å². The average Bonchev–Trinajstić information content (AvgIpc) is 2.45. The summed E-state index contributed by atoms with van der Waals surface area (Å²) in [6.45, 7) is 3.97. The molecule has 2 aromatic carbocycles. The fourth-order valence-corrected chi connectivity index (χ4v) is 2.11. The lowest BCUT2D eigenvalue weighted by molar-refractivity contribution is 0.441. The SMILES string of the molecule is CCCNCc1ccc(Oc2cc(Br)ccc2F)cc1. The first kappa shape index (κ1) is 15.0. The Bertz CT molecular complexity index is 557. The Morgan fingerprint density at radius 2 is 1.90 bits per heavy atom. The molecular weight excluding hydrogens is 321 g/mol. The lowest BCUT2D eigenvalue weighted by Gasteiger charge is -2.08. The molecule has 0 aliphatic rings. The Morgan fingerprint density at radius 3 is 2.60 bits per heavy atom. The van der Waals surface area contributed by atoms with E-state index in [1.165, 1.54) is 11.6 Å². The molecule has 2 nitrogen and oxygen atoms in total. The third-order valence-electron chi connectivity index (χ3n) is 2.80. The van der Waals surface area contributed by atoms with E-state index in [-0.39, 0.29) is 11.6 Å². The van der Waals surface area contributed by atoms with Gasteiger partial charge in [0, 0.05) is 11.0 Å². The zero-order valence-corrected chi connectivity index (χ0v) is 12.9. The number of hydrogen-bond donors (Lipinski definition) is 1. The minimum absolute atomic E-state index is 0.219. The van der Waals surface area contributed by atoms with Crippen LogP contribution in [0.15, 0.2) is 46.9 Å². The lowest BCUT2D eigenvalue weighted by Crippen LogP contribution is -2.13. The number of rotatable bonds is 6. The van der Waals surface area contributed by atoms with Crippen LogP contribution in [0.4, 0.5) is 4.39 Å². The van der Waals surface area contributed by atoms with Gasteiger partial charge in [0.2, 0.25) is 0 Å². The molecule has 0 atom stereocenters. The van der Waals surface area contributed by atoms with Gasteiger partial charge < -0.3 is 10.1 Å². The maximum atomic E-state index is 13.6. The third kappa shape index (κ3) is 4.32. The molecule has 20 heavy (non-hydrogen) atoms. The average molecular weight is 338 g/mol. The van der Waals surface area contributed by atoms with Gasteiger partial charge in [-0.3, -0.25) is 0 Å². The van der Waals surface area contributed by atoms with Crippen LogP contribution in [0.5, 0.6) is 11.5 Å². The molecule has 0 radical (unpaired) electrons. The lowest BCUT2D eigenvalue weighted by atomic mass is 10.2. The normalized spacial score (nSPS) is 10.6. The van der Waals surface area contributed by atoms with Crippen LogP contribution in [0.25, 0.3) is 0 Å². The Hall–Kier alpha value is -1.39. The molecule has 0 amide bonds. The van der Waals surface area contributed by atoms with Crippen molar-refractivity contribution in [3.63, 3.8) is 0 Å². The molecule has 0 aliphatic heterocycles. The summed E-state index contributed by atoms with van der Waals surface area (Å²) >= 11 is 3.30. The van der Waals surface area contributed by atoms with Crippen LogP contribution in [-0.4, -0.2) is 6.54 Å². The topological polar surface area (TPSA) is 21.3 Å². The molecule has 0 heterocycles. The molecule has 106 valence electrons. The van der Waals surface area contributed by atoms with Crippen molar-refractivity contribution in [1.82, 2.24) is 5.32 Å². The van der Waals surface area contributed by atoms with Gasteiger partial charge in [-0.1, -0.05) is 35.0 Å². The van der Waals surface area contributed by atoms with Gasteiger partial charge in [-0.2, -0.15) is 0 Å². The summed E-state index contributed by atoms with van der Waals surface area (Å²) in [5.74, 6) is 0.472. The molecule has 0 spiro atoms. The largest absolute Gasteiger partial charge is 0.454 e. The molecule has 0 fully saturated rings. The molecule has 0 saturated heterocycles. The second-order valence-corrected chi connectivity index (χ2v) is 5.41. The fourth-order valence-electron chi connectivity index (χ4n) is 1.77. The van der Waals surface area contributed by atoms with E-state index in [9.17, 15) is 4.39 Å². The van der Waals surface area contributed by atoms with E-state index in [0.29, 0.717) is 5.75 Å². The number of benzene rings is 2. The first-order chi connectivity index (χ1) is 9.69. The van der Waals surface area contributed by atoms with Crippen LogP contribution in [0.1, 0.15) is 18.9 Å². The molecule has 0 bridgehead atoms. The summed E-state index contributed by atoms with van der Waals surface area (Å²) in [6, 6.07) is 12.3. The zero-order valence-electron chi connectivity index (χ0n) is 11.3. The van der Waals surface area contributed by atoms with Gasteiger partial charge >= 0.3 is 0 Å². The molecule has 4 heteroatoms. The van der Waals surface area contributed by atoms with Gasteiger partial charge in [0.05, 0.1) is 0 Å². The van der Waals surface area contributed by atoms with Gasteiger partial charge in [-0.25, -0.2) is 4.39 Å². The maximum absolute atomic E-state index is 13.6. The van der Waals surface area contributed by atoms with Crippen LogP contribution in [-0.2, 0) is 6.54 Å². The molecule has 2 rings (SSSR count). The predicted molar refractivity (Wildman–Crippen MR) is 82.6 cm³/mol. The molecule has 0 aliphatic carbocycles. The first-order valence-corrected chi connectivity index (χ1v) is 7.41. The number of halogens is 2. The quantitative estimate of drug-likeness (QED) is 0.758. The monoisotopic (exact) mass is 337 g/mol. The summed E-state index contributed by atoms with van der Waals surface area (Å²) in [5.41, 5.74) is 1.18. The van der Waals surface area contributed by atoms with Crippen molar-refractivity contribution < 1.29 is 9.13 Å². The van der Waals surface area contributed by atoms with Crippen LogP contribution in [0.3, 0.4) is 0 Å². The Kier molecular flexibility index (Phi) is 5.56. The highest BCUT2D eigenvalue weighted by Crippen LogP contribution is 2.27. The van der Waals surface area contributed by atoms with Crippen LogP contribution < -0.4 is 10.1 Å². The third-order valence-corrected chi connectivity index (χ3v) is 3.29. The smallest absolute Gasteiger partial charge is 0.165 e. The van der Waals surface area contributed by atoms with E-state index in [4.69, 9.17) is 4.74 Å². The minimum Gasteiger partial charge on any atom is -0.454 e. The standard InChI is InChI=1S/C16H17BrFNO/c1-2-9-19-11-12-3-6-14(7-4-12)20-16-10-13(17)5-8-15(16)18/h3-8,10,19H,2,9,11H2,1H3. The summed E-state index contributed by atoms with van der Waals surface area (Å²) < 4.78 is 19.9. The van der Waals surface area contributed by atoms with Crippen LogP contribution in [0, 0.1) is 5.82 Å². The second kappa shape index (κ2) is 7.41. The van der Waals surface area contributed by atoms with Gasteiger partial charge in [0.25, 0.3) is 0 Å². The molecule has 2 aromatic rings. The second-order valence-electron chi connectivity index (χ2n) is 4.50. The van der Waals surface area contributed by atoms with Crippen molar-refractivity contribution in [2.45, 2.75) is 19.9 Å². The van der Waals surface area contributed by atoms with Gasteiger partial charge in [0.1, 0.15) is 5.75 Å². The number of hydrogen-bond acceptors (Lipinski definition) is 2. The van der Waals surface area contributed by atoms with Crippen molar-refractivity contribution in [3.05, 3.63) is 58.3 Å². The van der Waals surface area contributed by atoms with E-state index < -0.39 is 0 Å². The van der Waals surface area contributed by atoms with Gasteiger partial charge in [0.15, 0.2) is 11.6 Å². The molecule has 0 saturated carbocycles. The van der Waals surface area contributed by atoms with Crippen molar-refractivity contribution in [3.8, 4) is 11.5 Å². The number of nitrogens with one attached hydrogen (secondary N) is 1. The number of ether oxygens (including phenoxy) is 1. The van der Waals surface area contributed by atoms with Gasteiger partial charge in [-0.05, 0) is 48.9 Å². The van der Waals surface area contributed by atoms with E-state index in [2.05, 4.69) is 28.2 Å². The summed E-state index contributed by atoms with van der Waals surface area (Å²) in [6.07, 6.45) is 1.11.